The molecule has 0 aliphatic heterocycles. The first-order valence-electron chi connectivity index (χ1n) is 9.89. The van der Waals surface area contributed by atoms with Gasteiger partial charge in [-0.3, -0.25) is 15.1 Å². The molecular formula is C25H16FN5. The predicted molar refractivity (Wildman–Crippen MR) is 120 cm³/mol. The number of nitrogens with one attached hydrogen (secondary N) is 2. The molecule has 0 spiro atoms. The summed E-state index contributed by atoms with van der Waals surface area (Å²) in [7, 11) is 0. The number of aromatic nitrogens is 5. The van der Waals surface area contributed by atoms with Crippen molar-refractivity contribution in [2.45, 2.75) is 0 Å². The molecule has 6 aromatic rings. The minimum absolute atomic E-state index is 0.250. The van der Waals surface area contributed by atoms with Gasteiger partial charge in [-0.25, -0.2) is 4.39 Å². The Balaban J connectivity index is 1.52. The predicted octanol–water partition coefficient (Wildman–Crippen LogP) is 5.97. The molecule has 148 valence electrons. The van der Waals surface area contributed by atoms with Crippen LogP contribution in [0.25, 0.3) is 55.6 Å². The fourth-order valence-corrected chi connectivity index (χ4v) is 3.99. The van der Waals surface area contributed by atoms with Gasteiger partial charge in [0.1, 0.15) is 11.5 Å². The van der Waals surface area contributed by atoms with Gasteiger partial charge in [0.25, 0.3) is 0 Å². The van der Waals surface area contributed by atoms with E-state index in [4.69, 9.17) is 0 Å². The van der Waals surface area contributed by atoms with Crippen LogP contribution in [-0.2, 0) is 0 Å². The number of pyridine rings is 2. The number of hydrogen-bond donors (Lipinski definition) is 2. The smallest absolute Gasteiger partial charge is 0.123 e. The molecule has 2 aromatic carbocycles. The van der Waals surface area contributed by atoms with E-state index in [-0.39, 0.29) is 5.82 Å². The van der Waals surface area contributed by atoms with E-state index in [1.54, 1.807) is 30.7 Å². The van der Waals surface area contributed by atoms with E-state index in [1.807, 2.05) is 42.5 Å². The molecule has 0 unspecified atom stereocenters. The van der Waals surface area contributed by atoms with Crippen molar-refractivity contribution in [2.75, 3.05) is 0 Å². The molecule has 4 heterocycles. The summed E-state index contributed by atoms with van der Waals surface area (Å²) in [4.78, 5) is 12.1. The van der Waals surface area contributed by atoms with E-state index in [2.05, 4.69) is 31.2 Å². The van der Waals surface area contributed by atoms with Crippen LogP contribution < -0.4 is 0 Å². The van der Waals surface area contributed by atoms with Crippen molar-refractivity contribution in [3.63, 3.8) is 0 Å². The van der Waals surface area contributed by atoms with Crippen molar-refractivity contribution >= 4 is 21.8 Å². The summed E-state index contributed by atoms with van der Waals surface area (Å²) in [5, 5.41) is 9.60. The summed E-state index contributed by atoms with van der Waals surface area (Å²) in [6.45, 7) is 0. The second kappa shape index (κ2) is 6.88. The Labute approximate surface area is 176 Å². The van der Waals surface area contributed by atoms with Gasteiger partial charge in [-0.2, -0.15) is 5.10 Å². The molecule has 0 atom stereocenters. The molecule has 6 heteroatoms. The fourth-order valence-electron chi connectivity index (χ4n) is 3.99. The maximum Gasteiger partial charge on any atom is 0.123 e. The zero-order valence-electron chi connectivity index (χ0n) is 16.3. The van der Waals surface area contributed by atoms with E-state index in [9.17, 15) is 4.39 Å². The van der Waals surface area contributed by atoms with Gasteiger partial charge in [-0.1, -0.05) is 24.3 Å². The number of fused-ring (bicyclic) bond motifs is 2. The Bertz CT molecular complexity index is 1550. The maximum atomic E-state index is 13.8. The summed E-state index contributed by atoms with van der Waals surface area (Å²) < 4.78 is 13.8. The van der Waals surface area contributed by atoms with Crippen molar-refractivity contribution in [1.82, 2.24) is 25.1 Å². The standard InChI is InChI=1S/C25H16FN5/c26-17-4-1-3-16(11-17)18-5-2-6-21-19(18)12-23(29-21)25-20-13-22(15-7-9-27-10-8-15)28-14-24(20)30-31-25/h1-14,29H,(H,30,31). The molecular weight excluding hydrogens is 389 g/mol. The third-order valence-corrected chi connectivity index (χ3v) is 5.48. The summed E-state index contributed by atoms with van der Waals surface area (Å²) in [6, 6.07) is 20.6. The Morgan fingerprint density at radius 2 is 1.65 bits per heavy atom. The minimum atomic E-state index is -0.250. The van der Waals surface area contributed by atoms with E-state index in [0.29, 0.717) is 0 Å². The maximum absolute atomic E-state index is 13.8. The zero-order chi connectivity index (χ0) is 20.8. The Morgan fingerprint density at radius 1 is 0.774 bits per heavy atom. The molecule has 0 amide bonds. The van der Waals surface area contributed by atoms with E-state index >= 15 is 0 Å². The third-order valence-electron chi connectivity index (χ3n) is 5.48. The highest BCUT2D eigenvalue weighted by Gasteiger charge is 2.15. The molecule has 0 aliphatic carbocycles. The highest BCUT2D eigenvalue weighted by atomic mass is 19.1. The lowest BCUT2D eigenvalue weighted by Gasteiger charge is -2.03. The first-order valence-corrected chi connectivity index (χ1v) is 9.89. The average Bonchev–Trinajstić information content (AvgIpc) is 3.43. The highest BCUT2D eigenvalue weighted by molar-refractivity contribution is 6.01. The van der Waals surface area contributed by atoms with Crippen LogP contribution in [0.4, 0.5) is 4.39 Å². The van der Waals surface area contributed by atoms with Crippen molar-refractivity contribution in [2.24, 2.45) is 0 Å². The molecule has 0 bridgehead atoms. The van der Waals surface area contributed by atoms with Crippen LogP contribution in [0.15, 0.2) is 85.3 Å². The van der Waals surface area contributed by atoms with E-state index < -0.39 is 0 Å². The lowest BCUT2D eigenvalue weighted by molar-refractivity contribution is 0.628. The molecule has 6 rings (SSSR count). The van der Waals surface area contributed by atoms with Crippen molar-refractivity contribution < 1.29 is 4.39 Å². The van der Waals surface area contributed by atoms with Gasteiger partial charge in [0.15, 0.2) is 0 Å². The van der Waals surface area contributed by atoms with Crippen molar-refractivity contribution in [3.05, 3.63) is 91.1 Å². The summed E-state index contributed by atoms with van der Waals surface area (Å²) in [5.74, 6) is -0.250. The summed E-state index contributed by atoms with van der Waals surface area (Å²) in [6.07, 6.45) is 5.30. The molecule has 31 heavy (non-hydrogen) atoms. The van der Waals surface area contributed by atoms with Gasteiger partial charge in [0, 0.05) is 34.2 Å². The van der Waals surface area contributed by atoms with Gasteiger partial charge in [0.05, 0.1) is 23.1 Å². The number of hydrogen-bond acceptors (Lipinski definition) is 3. The number of halogens is 1. The number of rotatable bonds is 3. The van der Waals surface area contributed by atoms with Gasteiger partial charge >= 0.3 is 0 Å². The summed E-state index contributed by atoms with van der Waals surface area (Å²) in [5.41, 5.74) is 7.19. The minimum Gasteiger partial charge on any atom is -0.353 e. The average molecular weight is 405 g/mol. The number of H-pyrrole nitrogens is 2. The molecule has 0 fully saturated rings. The lowest BCUT2D eigenvalue weighted by Crippen LogP contribution is -1.84. The molecule has 5 nitrogen and oxygen atoms in total. The number of aromatic amines is 2. The molecule has 0 aliphatic rings. The van der Waals surface area contributed by atoms with Crippen LogP contribution in [0, 0.1) is 5.82 Å². The lowest BCUT2D eigenvalue weighted by atomic mass is 10.0. The second-order valence-electron chi connectivity index (χ2n) is 7.38. The molecule has 0 radical (unpaired) electrons. The molecule has 2 N–H and O–H groups in total. The van der Waals surface area contributed by atoms with Gasteiger partial charge in [-0.15, -0.1) is 0 Å². The van der Waals surface area contributed by atoms with Crippen LogP contribution >= 0.6 is 0 Å². The van der Waals surface area contributed by atoms with E-state index in [0.717, 1.165) is 55.6 Å². The first-order chi connectivity index (χ1) is 15.3. The summed E-state index contributed by atoms with van der Waals surface area (Å²) >= 11 is 0. The quantitative estimate of drug-likeness (QED) is 0.381. The van der Waals surface area contributed by atoms with Crippen molar-refractivity contribution in [1.29, 1.82) is 0 Å². The largest absolute Gasteiger partial charge is 0.353 e. The van der Waals surface area contributed by atoms with Crippen LogP contribution in [0.1, 0.15) is 0 Å². The van der Waals surface area contributed by atoms with Gasteiger partial charge in [-0.05, 0) is 53.6 Å². The number of nitrogens with zero attached hydrogens (tertiary/aromatic N) is 3. The Morgan fingerprint density at radius 3 is 2.52 bits per heavy atom. The second-order valence-corrected chi connectivity index (χ2v) is 7.38. The Hall–Kier alpha value is -4.32. The van der Waals surface area contributed by atoms with Crippen LogP contribution in [0.3, 0.4) is 0 Å². The molecule has 0 saturated carbocycles. The first kappa shape index (κ1) is 17.5. The Kier molecular flexibility index (Phi) is 3.89. The highest BCUT2D eigenvalue weighted by Crippen LogP contribution is 2.34. The van der Waals surface area contributed by atoms with Gasteiger partial charge < -0.3 is 4.98 Å². The third kappa shape index (κ3) is 2.97. The zero-order valence-corrected chi connectivity index (χ0v) is 16.3. The topological polar surface area (TPSA) is 70.2 Å². The van der Waals surface area contributed by atoms with Crippen LogP contribution in [0.5, 0.6) is 0 Å². The van der Waals surface area contributed by atoms with Gasteiger partial charge in [0.2, 0.25) is 0 Å². The normalized spacial score (nSPS) is 11.4. The molecule has 0 saturated heterocycles. The van der Waals surface area contributed by atoms with Crippen LogP contribution in [0.2, 0.25) is 0 Å². The fraction of sp³-hybridized carbons (Fsp3) is 0. The van der Waals surface area contributed by atoms with Crippen LogP contribution in [-0.4, -0.2) is 25.1 Å². The monoisotopic (exact) mass is 405 g/mol. The van der Waals surface area contributed by atoms with Crippen molar-refractivity contribution in [3.8, 4) is 33.8 Å². The number of benzene rings is 2. The molecule has 4 aromatic heterocycles. The SMILES string of the molecule is Fc1cccc(-c2cccc3[nH]c(-c4n[nH]c5cnc(-c6ccncc6)cc45)cc23)c1. The van der Waals surface area contributed by atoms with E-state index in [1.165, 1.54) is 6.07 Å².